The Bertz CT molecular complexity index is 1260. The molecule has 0 unspecified atom stereocenters. The fourth-order valence-corrected chi connectivity index (χ4v) is 4.69. The maximum atomic E-state index is 12.2. The maximum Gasteiger partial charge on any atom is 0.325 e. The third kappa shape index (κ3) is 4.99. The molecule has 0 aliphatic heterocycles. The second-order valence-corrected chi connectivity index (χ2v) is 9.07. The number of fused-ring (bicyclic) bond motifs is 1. The second kappa shape index (κ2) is 9.28. The van der Waals surface area contributed by atoms with Crippen LogP contribution in [0.5, 0.6) is 0 Å². The first-order chi connectivity index (χ1) is 14.6. The number of hydrogen-bond donors (Lipinski definition) is 2. The van der Waals surface area contributed by atoms with E-state index in [-0.39, 0.29) is 11.6 Å². The van der Waals surface area contributed by atoms with Gasteiger partial charge in [0, 0.05) is 28.6 Å². The SMILES string of the molecule is CSc1cccc(NC(=O)Nc2nnc(SCc3cc(=O)n4ccccc4n3)s2)c1. The van der Waals surface area contributed by atoms with Gasteiger partial charge in [0.05, 0.1) is 5.69 Å². The molecule has 0 atom stereocenters. The summed E-state index contributed by atoms with van der Waals surface area (Å²) in [5.74, 6) is 0.475. The Morgan fingerprint density at radius 1 is 1.13 bits per heavy atom. The van der Waals surface area contributed by atoms with Crippen LogP contribution in [0, 0.1) is 0 Å². The molecular formula is C19H16N6O2S3. The van der Waals surface area contributed by atoms with E-state index in [2.05, 4.69) is 25.8 Å². The van der Waals surface area contributed by atoms with Gasteiger partial charge in [0.1, 0.15) is 5.65 Å². The largest absolute Gasteiger partial charge is 0.325 e. The summed E-state index contributed by atoms with van der Waals surface area (Å²) in [6, 6.07) is 14.1. The van der Waals surface area contributed by atoms with E-state index < -0.39 is 0 Å². The summed E-state index contributed by atoms with van der Waals surface area (Å²) in [7, 11) is 0. The van der Waals surface area contributed by atoms with Crippen molar-refractivity contribution >= 4 is 57.4 Å². The third-order valence-electron chi connectivity index (χ3n) is 3.92. The molecule has 4 aromatic rings. The van der Waals surface area contributed by atoms with Gasteiger partial charge in [-0.2, -0.15) is 0 Å². The number of rotatable bonds is 6. The summed E-state index contributed by atoms with van der Waals surface area (Å²) in [5.41, 5.74) is 1.83. The van der Waals surface area contributed by atoms with Crippen molar-refractivity contribution in [3.63, 3.8) is 0 Å². The number of thioether (sulfide) groups is 2. The van der Waals surface area contributed by atoms with Gasteiger partial charge >= 0.3 is 6.03 Å². The third-order valence-corrected chi connectivity index (χ3v) is 6.65. The van der Waals surface area contributed by atoms with Gasteiger partial charge in [-0.3, -0.25) is 14.5 Å². The molecule has 30 heavy (non-hydrogen) atoms. The first kappa shape index (κ1) is 20.4. The van der Waals surface area contributed by atoms with Crippen LogP contribution in [0.3, 0.4) is 0 Å². The molecule has 4 rings (SSSR count). The van der Waals surface area contributed by atoms with Crippen LogP contribution in [0.4, 0.5) is 15.6 Å². The number of amides is 2. The molecular weight excluding hydrogens is 440 g/mol. The molecule has 11 heteroatoms. The zero-order chi connectivity index (χ0) is 20.9. The van der Waals surface area contributed by atoms with Crippen LogP contribution in [0.2, 0.25) is 0 Å². The van der Waals surface area contributed by atoms with Crippen molar-refractivity contribution in [2.24, 2.45) is 0 Å². The smallest absolute Gasteiger partial charge is 0.308 e. The lowest BCUT2D eigenvalue weighted by molar-refractivity contribution is 0.262. The van der Waals surface area contributed by atoms with Gasteiger partial charge in [0.25, 0.3) is 5.56 Å². The molecule has 3 aromatic heterocycles. The van der Waals surface area contributed by atoms with Gasteiger partial charge in [-0.25, -0.2) is 9.78 Å². The molecule has 0 spiro atoms. The summed E-state index contributed by atoms with van der Waals surface area (Å²) in [6.07, 6.45) is 3.66. The average Bonchev–Trinajstić information content (AvgIpc) is 3.19. The molecule has 1 aromatic carbocycles. The Morgan fingerprint density at radius 2 is 2.03 bits per heavy atom. The van der Waals surface area contributed by atoms with Crippen LogP contribution in [0.15, 0.2) is 68.8 Å². The monoisotopic (exact) mass is 456 g/mol. The fourth-order valence-electron chi connectivity index (χ4n) is 2.59. The molecule has 2 N–H and O–H groups in total. The van der Waals surface area contributed by atoms with Crippen molar-refractivity contribution in [1.82, 2.24) is 19.6 Å². The highest BCUT2D eigenvalue weighted by Gasteiger charge is 2.10. The number of nitrogens with zero attached hydrogens (tertiary/aromatic N) is 4. The molecule has 2 amide bonds. The van der Waals surface area contributed by atoms with Crippen molar-refractivity contribution in [2.45, 2.75) is 15.0 Å². The molecule has 3 heterocycles. The van der Waals surface area contributed by atoms with E-state index in [0.717, 1.165) is 4.90 Å². The Labute approximate surface area is 184 Å². The topological polar surface area (TPSA) is 101 Å². The van der Waals surface area contributed by atoms with Gasteiger partial charge in [-0.15, -0.1) is 22.0 Å². The van der Waals surface area contributed by atoms with Crippen LogP contribution in [-0.2, 0) is 5.75 Å². The molecule has 0 bridgehead atoms. The van der Waals surface area contributed by atoms with Gasteiger partial charge in [-0.1, -0.05) is 35.2 Å². The minimum absolute atomic E-state index is 0.127. The number of pyridine rings is 1. The highest BCUT2D eigenvalue weighted by Crippen LogP contribution is 2.28. The van der Waals surface area contributed by atoms with Gasteiger partial charge in [0.15, 0.2) is 4.34 Å². The standard InChI is InChI=1S/C19H16N6O2S3/c1-28-14-6-4-5-12(9-14)21-17(27)22-18-23-24-19(30-18)29-11-13-10-16(26)25-8-3-2-7-15(25)20-13/h2-10H,11H2,1H3,(H2,21,22,23,27). The van der Waals surface area contributed by atoms with E-state index in [1.54, 1.807) is 30.1 Å². The average molecular weight is 457 g/mol. The zero-order valence-electron chi connectivity index (χ0n) is 15.7. The summed E-state index contributed by atoms with van der Waals surface area (Å²) in [5, 5.41) is 13.9. The lowest BCUT2D eigenvalue weighted by Gasteiger charge is -2.06. The molecule has 0 aliphatic carbocycles. The predicted molar refractivity (Wildman–Crippen MR) is 122 cm³/mol. The Balaban J connectivity index is 1.36. The summed E-state index contributed by atoms with van der Waals surface area (Å²) in [6.45, 7) is 0. The van der Waals surface area contributed by atoms with Crippen LogP contribution in [0.25, 0.3) is 5.65 Å². The number of nitrogens with one attached hydrogen (secondary N) is 2. The van der Waals surface area contributed by atoms with E-state index >= 15 is 0 Å². The van der Waals surface area contributed by atoms with E-state index in [1.807, 2.05) is 36.6 Å². The van der Waals surface area contributed by atoms with E-state index in [0.29, 0.717) is 32.3 Å². The minimum Gasteiger partial charge on any atom is -0.308 e. The number of carbonyl (C=O) groups is 1. The molecule has 0 fully saturated rings. The predicted octanol–water partition coefficient (Wildman–Crippen LogP) is 4.20. The van der Waals surface area contributed by atoms with E-state index in [9.17, 15) is 9.59 Å². The first-order valence-corrected chi connectivity index (χ1v) is 11.8. The van der Waals surface area contributed by atoms with Crippen molar-refractivity contribution < 1.29 is 4.79 Å². The number of benzene rings is 1. The van der Waals surface area contributed by atoms with Crippen LogP contribution >= 0.6 is 34.9 Å². The molecule has 8 nitrogen and oxygen atoms in total. The molecule has 152 valence electrons. The summed E-state index contributed by atoms with van der Waals surface area (Å²) in [4.78, 5) is 29.9. The number of aromatic nitrogens is 4. The van der Waals surface area contributed by atoms with Crippen molar-refractivity contribution in [3.8, 4) is 0 Å². The van der Waals surface area contributed by atoms with Crippen molar-refractivity contribution in [2.75, 3.05) is 16.9 Å². The van der Waals surface area contributed by atoms with Gasteiger partial charge in [-0.05, 0) is 36.6 Å². The zero-order valence-corrected chi connectivity index (χ0v) is 18.2. The summed E-state index contributed by atoms with van der Waals surface area (Å²) < 4.78 is 2.17. The quantitative estimate of drug-likeness (QED) is 0.331. The van der Waals surface area contributed by atoms with E-state index in [4.69, 9.17) is 0 Å². The molecule has 0 aliphatic rings. The molecule has 0 saturated carbocycles. The highest BCUT2D eigenvalue weighted by molar-refractivity contribution is 8.00. The van der Waals surface area contributed by atoms with Gasteiger partial charge in [0.2, 0.25) is 5.13 Å². The lowest BCUT2D eigenvalue weighted by atomic mass is 10.3. The first-order valence-electron chi connectivity index (χ1n) is 8.76. The highest BCUT2D eigenvalue weighted by atomic mass is 32.2. The molecule has 0 saturated heterocycles. The van der Waals surface area contributed by atoms with Crippen LogP contribution < -0.4 is 16.2 Å². The van der Waals surface area contributed by atoms with Crippen molar-refractivity contribution in [1.29, 1.82) is 0 Å². The number of carbonyl (C=O) groups excluding carboxylic acids is 1. The summed E-state index contributed by atoms with van der Waals surface area (Å²) >= 11 is 4.27. The number of urea groups is 1. The second-order valence-electron chi connectivity index (χ2n) is 5.99. The number of hydrogen-bond acceptors (Lipinski definition) is 8. The Hall–Kier alpha value is -2.89. The van der Waals surface area contributed by atoms with Crippen LogP contribution in [-0.4, -0.2) is 31.9 Å². The normalized spacial score (nSPS) is 10.8. The molecule has 0 radical (unpaired) electrons. The number of anilines is 2. The Kier molecular flexibility index (Phi) is 6.31. The van der Waals surface area contributed by atoms with Gasteiger partial charge < -0.3 is 5.32 Å². The van der Waals surface area contributed by atoms with Crippen LogP contribution in [0.1, 0.15) is 5.69 Å². The maximum absolute atomic E-state index is 12.2. The van der Waals surface area contributed by atoms with E-state index in [1.165, 1.54) is 33.6 Å². The minimum atomic E-state index is -0.384. The lowest BCUT2D eigenvalue weighted by Crippen LogP contribution is -2.19. The Morgan fingerprint density at radius 3 is 2.90 bits per heavy atom. The van der Waals surface area contributed by atoms with Crippen molar-refractivity contribution in [3.05, 3.63) is 70.8 Å². The fraction of sp³-hybridized carbons (Fsp3) is 0.105.